The molecule has 1 atom stereocenters. The van der Waals surface area contributed by atoms with Gasteiger partial charge >= 0.3 is 0 Å². The lowest BCUT2D eigenvalue weighted by Crippen LogP contribution is -2.28. The zero-order valence-electron chi connectivity index (χ0n) is 17.7. The monoisotopic (exact) mass is 460 g/mol. The molecule has 5 rings (SSSR count). The second kappa shape index (κ2) is 8.21. The van der Waals surface area contributed by atoms with Crippen molar-refractivity contribution in [3.8, 4) is 5.69 Å². The van der Waals surface area contributed by atoms with E-state index in [2.05, 4.69) is 10.4 Å². The molecule has 0 spiro atoms. The topological polar surface area (TPSA) is 125 Å². The summed E-state index contributed by atoms with van der Waals surface area (Å²) in [5, 5.41) is 8.09. The lowest BCUT2D eigenvalue weighted by molar-refractivity contribution is -0.116. The molecule has 9 nitrogen and oxygen atoms in total. The number of aryl methyl sites for hydroxylation is 1. The summed E-state index contributed by atoms with van der Waals surface area (Å²) < 4.78 is 3.24. The number of nitrogens with zero attached hydrogens (tertiary/aromatic N) is 4. The number of hydrogen-bond donors (Lipinski definition) is 2. The Kier molecular flexibility index (Phi) is 5.21. The van der Waals surface area contributed by atoms with E-state index >= 15 is 0 Å². The molecule has 2 amide bonds. The lowest BCUT2D eigenvalue weighted by Gasteiger charge is -2.14. The van der Waals surface area contributed by atoms with Gasteiger partial charge in [0.1, 0.15) is 5.39 Å². The van der Waals surface area contributed by atoms with Crippen molar-refractivity contribution in [3.63, 3.8) is 0 Å². The van der Waals surface area contributed by atoms with Gasteiger partial charge in [0.15, 0.2) is 10.8 Å². The van der Waals surface area contributed by atoms with Gasteiger partial charge in [-0.15, -0.1) is 0 Å². The number of aromatic nitrogens is 4. The van der Waals surface area contributed by atoms with E-state index in [1.54, 1.807) is 33.5 Å². The van der Waals surface area contributed by atoms with E-state index in [0.29, 0.717) is 27.6 Å². The number of fused-ring (bicyclic) bond motifs is 2. The Bertz CT molecular complexity index is 1470. The summed E-state index contributed by atoms with van der Waals surface area (Å²) in [5.41, 5.74) is 8.11. The maximum Gasteiger partial charge on any atom is 0.265 e. The van der Waals surface area contributed by atoms with Crippen molar-refractivity contribution < 1.29 is 9.59 Å². The molecule has 1 unspecified atom stereocenters. The highest BCUT2D eigenvalue weighted by Crippen LogP contribution is 2.34. The number of nitrogens with one attached hydrogen (secondary N) is 1. The van der Waals surface area contributed by atoms with Crippen molar-refractivity contribution in [2.45, 2.75) is 24.5 Å². The Morgan fingerprint density at radius 1 is 1.18 bits per heavy atom. The van der Waals surface area contributed by atoms with Gasteiger partial charge < -0.3 is 11.1 Å². The normalized spacial score (nSPS) is 14.9. The van der Waals surface area contributed by atoms with Crippen molar-refractivity contribution in [3.05, 3.63) is 76.2 Å². The Morgan fingerprint density at radius 2 is 1.94 bits per heavy atom. The van der Waals surface area contributed by atoms with Crippen LogP contribution in [0.15, 0.2) is 64.7 Å². The van der Waals surface area contributed by atoms with Crippen LogP contribution < -0.4 is 16.6 Å². The third-order valence-electron chi connectivity index (χ3n) is 5.60. The summed E-state index contributed by atoms with van der Waals surface area (Å²) in [6.45, 7) is 1.98. The number of primary amides is 1. The highest BCUT2D eigenvalue weighted by atomic mass is 32.2. The average Bonchev–Trinajstić information content (AvgIpc) is 3.39. The Labute approximate surface area is 192 Å². The van der Waals surface area contributed by atoms with E-state index in [9.17, 15) is 14.4 Å². The highest BCUT2D eigenvalue weighted by molar-refractivity contribution is 7.99. The van der Waals surface area contributed by atoms with Crippen LogP contribution in [0, 0.1) is 6.92 Å². The van der Waals surface area contributed by atoms with E-state index in [1.807, 2.05) is 31.2 Å². The minimum atomic E-state index is -0.624. The molecule has 2 aromatic heterocycles. The third-order valence-corrected chi connectivity index (χ3v) is 6.70. The first kappa shape index (κ1) is 21.0. The van der Waals surface area contributed by atoms with Crippen LogP contribution in [-0.2, 0) is 4.79 Å². The van der Waals surface area contributed by atoms with Crippen LogP contribution in [0.4, 0.5) is 5.69 Å². The molecule has 0 saturated carbocycles. The summed E-state index contributed by atoms with van der Waals surface area (Å²) in [4.78, 5) is 42.4. The number of hydrogen-bond acceptors (Lipinski definition) is 6. The zero-order chi connectivity index (χ0) is 23.1. The highest BCUT2D eigenvalue weighted by Gasteiger charge is 2.30. The standard InChI is InChI=1S/C23H20N6O3S/c1-13-6-2-5-9-18(13)29-21-16(11-25-29)22(32)28-14(12-33-23(28)27-21)10-19(30)26-17-8-4-3-7-15(17)20(24)31/h2-9,11,14H,10,12H2,1H3,(H2,24,31)(H,26,30). The first-order valence-electron chi connectivity index (χ1n) is 10.3. The fourth-order valence-electron chi connectivity index (χ4n) is 3.98. The number of para-hydroxylation sites is 2. The third kappa shape index (κ3) is 3.68. The fraction of sp³-hybridized carbons (Fsp3) is 0.174. The average molecular weight is 461 g/mol. The molecule has 4 aromatic rings. The van der Waals surface area contributed by atoms with Crippen molar-refractivity contribution in [1.29, 1.82) is 0 Å². The van der Waals surface area contributed by atoms with Gasteiger partial charge in [-0.2, -0.15) is 5.10 Å². The second-order valence-corrected chi connectivity index (χ2v) is 8.76. The van der Waals surface area contributed by atoms with Gasteiger partial charge in [-0.3, -0.25) is 19.0 Å². The van der Waals surface area contributed by atoms with Crippen LogP contribution >= 0.6 is 11.8 Å². The predicted molar refractivity (Wildman–Crippen MR) is 126 cm³/mol. The largest absolute Gasteiger partial charge is 0.366 e. The Balaban J connectivity index is 1.45. The Hall–Kier alpha value is -3.92. The smallest absolute Gasteiger partial charge is 0.265 e. The SMILES string of the molecule is Cc1ccccc1-n1ncc2c(=O)n3c(nc21)SCC3CC(=O)Nc1ccccc1C(N)=O. The maximum absolute atomic E-state index is 13.3. The number of amides is 2. The van der Waals surface area contributed by atoms with Crippen LogP contribution in [0.5, 0.6) is 0 Å². The molecule has 2 aromatic carbocycles. The number of thioether (sulfide) groups is 1. The number of rotatable bonds is 5. The lowest BCUT2D eigenvalue weighted by atomic mass is 10.1. The number of benzene rings is 2. The maximum atomic E-state index is 13.3. The minimum absolute atomic E-state index is 0.0616. The quantitative estimate of drug-likeness (QED) is 0.441. The molecule has 0 bridgehead atoms. The summed E-state index contributed by atoms with van der Waals surface area (Å²) in [6, 6.07) is 13.9. The van der Waals surface area contributed by atoms with Gasteiger partial charge in [0.25, 0.3) is 11.5 Å². The van der Waals surface area contributed by atoms with E-state index in [1.165, 1.54) is 18.0 Å². The van der Waals surface area contributed by atoms with Gasteiger partial charge in [-0.25, -0.2) is 9.67 Å². The van der Waals surface area contributed by atoms with Gasteiger partial charge in [-0.05, 0) is 30.7 Å². The molecular weight excluding hydrogens is 440 g/mol. The van der Waals surface area contributed by atoms with Gasteiger partial charge in [0.05, 0.1) is 29.2 Å². The first-order chi connectivity index (χ1) is 15.9. The van der Waals surface area contributed by atoms with E-state index in [4.69, 9.17) is 10.7 Å². The van der Waals surface area contributed by atoms with Crippen LogP contribution in [0.25, 0.3) is 16.7 Å². The van der Waals surface area contributed by atoms with Gasteiger partial charge in [0.2, 0.25) is 5.91 Å². The molecule has 0 radical (unpaired) electrons. The Morgan fingerprint density at radius 3 is 2.73 bits per heavy atom. The van der Waals surface area contributed by atoms with Crippen molar-refractivity contribution in [1.82, 2.24) is 19.3 Å². The number of carbonyl (C=O) groups excluding carboxylic acids is 2. The minimum Gasteiger partial charge on any atom is -0.366 e. The molecular formula is C23H20N6O3S. The molecule has 0 saturated heterocycles. The summed E-state index contributed by atoms with van der Waals surface area (Å²) >= 11 is 1.43. The van der Waals surface area contributed by atoms with Crippen LogP contribution in [0.1, 0.15) is 28.4 Å². The number of anilines is 1. The molecule has 166 valence electrons. The fourth-order valence-corrected chi connectivity index (χ4v) is 5.11. The molecule has 0 fully saturated rings. The molecule has 1 aliphatic heterocycles. The molecule has 10 heteroatoms. The number of nitrogens with two attached hydrogens (primary N) is 1. The van der Waals surface area contributed by atoms with E-state index in [0.717, 1.165) is 11.3 Å². The van der Waals surface area contributed by atoms with E-state index in [-0.39, 0.29) is 29.5 Å². The van der Waals surface area contributed by atoms with Crippen molar-refractivity contribution >= 4 is 40.3 Å². The molecule has 0 aliphatic carbocycles. The van der Waals surface area contributed by atoms with Crippen molar-refractivity contribution in [2.75, 3.05) is 11.1 Å². The summed E-state index contributed by atoms with van der Waals surface area (Å²) in [6.07, 6.45) is 1.58. The molecule has 3 N–H and O–H groups in total. The van der Waals surface area contributed by atoms with Crippen LogP contribution in [0.3, 0.4) is 0 Å². The van der Waals surface area contributed by atoms with E-state index < -0.39 is 5.91 Å². The van der Waals surface area contributed by atoms with Crippen LogP contribution in [0.2, 0.25) is 0 Å². The first-order valence-corrected chi connectivity index (χ1v) is 11.3. The zero-order valence-corrected chi connectivity index (χ0v) is 18.5. The van der Waals surface area contributed by atoms with Gasteiger partial charge in [-0.1, -0.05) is 42.1 Å². The van der Waals surface area contributed by atoms with Crippen molar-refractivity contribution in [2.24, 2.45) is 5.73 Å². The summed E-state index contributed by atoms with van der Waals surface area (Å²) in [5.74, 6) is -0.400. The van der Waals surface area contributed by atoms with Crippen LogP contribution in [-0.4, -0.2) is 36.9 Å². The molecule has 1 aliphatic rings. The molecule has 33 heavy (non-hydrogen) atoms. The second-order valence-electron chi connectivity index (χ2n) is 7.78. The molecule has 3 heterocycles. The number of carbonyl (C=O) groups is 2. The summed E-state index contributed by atoms with van der Waals surface area (Å²) in [7, 11) is 0. The van der Waals surface area contributed by atoms with Gasteiger partial charge in [0, 0.05) is 12.2 Å². The predicted octanol–water partition coefficient (Wildman–Crippen LogP) is 2.67.